The van der Waals surface area contributed by atoms with Gasteiger partial charge in [0.25, 0.3) is 5.91 Å². The van der Waals surface area contributed by atoms with Gasteiger partial charge < -0.3 is 19.7 Å². The minimum Gasteiger partial charge on any atom is -0.455 e. The molecule has 1 N–H and O–H groups in total. The average Bonchev–Trinajstić information content (AvgIpc) is 3.27. The van der Waals surface area contributed by atoms with Crippen LogP contribution in [0, 0.1) is 25.7 Å². The predicted molar refractivity (Wildman–Crippen MR) is 111 cm³/mol. The largest absolute Gasteiger partial charge is 0.455 e. The van der Waals surface area contributed by atoms with Crippen LogP contribution in [0.4, 0.5) is 5.69 Å². The van der Waals surface area contributed by atoms with Crippen molar-refractivity contribution in [2.24, 2.45) is 11.8 Å². The minimum absolute atomic E-state index is 0.144. The van der Waals surface area contributed by atoms with Crippen LogP contribution in [0.15, 0.2) is 30.4 Å². The van der Waals surface area contributed by atoms with Crippen LogP contribution < -0.4 is 10.2 Å². The molecule has 4 atom stereocenters. The molecule has 0 saturated carbocycles. The van der Waals surface area contributed by atoms with E-state index in [1.54, 1.807) is 4.90 Å². The Morgan fingerprint density at radius 2 is 2.03 bits per heavy atom. The average molecular weight is 412 g/mol. The summed E-state index contributed by atoms with van der Waals surface area (Å²) in [7, 11) is 0. The van der Waals surface area contributed by atoms with Crippen LogP contribution in [0.25, 0.3) is 0 Å². The van der Waals surface area contributed by atoms with E-state index in [0.29, 0.717) is 6.54 Å². The maximum Gasteiger partial charge on any atom is 0.313 e. The molecule has 7 heteroatoms. The summed E-state index contributed by atoms with van der Waals surface area (Å²) in [5, 5.41) is 2.76. The number of anilines is 1. The lowest BCUT2D eigenvalue weighted by Crippen LogP contribution is -2.44. The van der Waals surface area contributed by atoms with Gasteiger partial charge in [0, 0.05) is 11.2 Å². The Labute approximate surface area is 176 Å². The molecule has 2 saturated heterocycles. The number of esters is 1. The number of amides is 2. The molecule has 30 heavy (non-hydrogen) atoms. The highest BCUT2D eigenvalue weighted by Crippen LogP contribution is 2.53. The van der Waals surface area contributed by atoms with E-state index in [-0.39, 0.29) is 18.4 Å². The lowest BCUT2D eigenvalue weighted by atomic mass is 9.77. The highest BCUT2D eigenvalue weighted by molar-refractivity contribution is 6.03. The Kier molecular flexibility index (Phi) is 4.77. The molecule has 7 nitrogen and oxygen atoms in total. The number of nitrogens with one attached hydrogen (secondary N) is 1. The fraction of sp³-hybridized carbons (Fsp3) is 0.522. The molecule has 3 aliphatic heterocycles. The lowest BCUT2D eigenvalue weighted by molar-refractivity contribution is -0.156. The third-order valence-corrected chi connectivity index (χ3v) is 5.88. The molecule has 160 valence electrons. The summed E-state index contributed by atoms with van der Waals surface area (Å²) < 4.78 is 11.4. The van der Waals surface area contributed by atoms with Crippen molar-refractivity contribution in [3.8, 4) is 0 Å². The van der Waals surface area contributed by atoms with Crippen LogP contribution in [0.2, 0.25) is 0 Å². The first-order valence-corrected chi connectivity index (χ1v) is 10.2. The Balaban J connectivity index is 1.52. The monoisotopic (exact) mass is 412 g/mol. The summed E-state index contributed by atoms with van der Waals surface area (Å²) in [6.07, 6.45) is 3.23. The Hall–Kier alpha value is -2.67. The van der Waals surface area contributed by atoms with Gasteiger partial charge in [0.05, 0.1) is 18.6 Å². The van der Waals surface area contributed by atoms with E-state index in [1.807, 2.05) is 65.0 Å². The first-order chi connectivity index (χ1) is 14.0. The molecule has 1 aromatic rings. The Bertz CT molecular complexity index is 947. The molecule has 0 aromatic heterocycles. The number of rotatable bonds is 4. The van der Waals surface area contributed by atoms with Crippen LogP contribution >= 0.6 is 0 Å². The van der Waals surface area contributed by atoms with Gasteiger partial charge >= 0.3 is 5.97 Å². The second kappa shape index (κ2) is 6.94. The number of hydrogen-bond acceptors (Lipinski definition) is 5. The maximum absolute atomic E-state index is 13.4. The quantitative estimate of drug-likeness (QED) is 0.604. The van der Waals surface area contributed by atoms with Crippen LogP contribution in [0.3, 0.4) is 0 Å². The topological polar surface area (TPSA) is 84.9 Å². The smallest absolute Gasteiger partial charge is 0.313 e. The van der Waals surface area contributed by atoms with Gasteiger partial charge in [-0.05, 0) is 46.2 Å². The highest BCUT2D eigenvalue weighted by atomic mass is 16.6. The molecule has 2 fully saturated rings. The second-order valence-corrected chi connectivity index (χ2v) is 9.52. The molecule has 3 heterocycles. The van der Waals surface area contributed by atoms with E-state index in [4.69, 9.17) is 9.47 Å². The van der Waals surface area contributed by atoms with E-state index in [0.717, 1.165) is 16.8 Å². The zero-order valence-electron chi connectivity index (χ0n) is 18.0. The van der Waals surface area contributed by atoms with Crippen molar-refractivity contribution >= 4 is 23.5 Å². The van der Waals surface area contributed by atoms with Crippen LogP contribution in [-0.2, 0) is 23.9 Å². The van der Waals surface area contributed by atoms with Crippen molar-refractivity contribution in [1.82, 2.24) is 5.32 Å². The number of benzene rings is 1. The summed E-state index contributed by atoms with van der Waals surface area (Å²) in [5.74, 6) is -2.49. The van der Waals surface area contributed by atoms with Crippen molar-refractivity contribution in [3.63, 3.8) is 0 Å². The summed E-state index contributed by atoms with van der Waals surface area (Å²) in [5.41, 5.74) is 1.70. The predicted octanol–water partition coefficient (Wildman–Crippen LogP) is 2.05. The minimum atomic E-state index is -0.823. The van der Waals surface area contributed by atoms with Gasteiger partial charge in [-0.1, -0.05) is 29.8 Å². The zero-order valence-corrected chi connectivity index (χ0v) is 18.0. The molecule has 4 rings (SSSR count). The molecular weight excluding hydrogens is 384 g/mol. The van der Waals surface area contributed by atoms with E-state index >= 15 is 0 Å². The molecule has 3 aliphatic rings. The van der Waals surface area contributed by atoms with Gasteiger partial charge in [0.15, 0.2) is 6.61 Å². The molecule has 2 bridgehead atoms. The van der Waals surface area contributed by atoms with Crippen molar-refractivity contribution < 1.29 is 23.9 Å². The standard InChI is InChI=1S/C23H28N2O5/c1-13-6-7-15(14(2)10-13)25-12-23-9-8-16(30-23)18(19(23)20(25)27)21(28)29-11-17(26)24-22(3,4)5/h6-10,16,18-19H,11-12H2,1-5H3,(H,24,26)/t16-,18-,19-,23-/m1/s1. The van der Waals surface area contributed by atoms with Gasteiger partial charge in [-0.2, -0.15) is 0 Å². The molecular formula is C23H28N2O5. The molecule has 2 amide bonds. The normalized spacial score (nSPS) is 29.3. The SMILES string of the molecule is Cc1ccc(N2C[C@@]34C=C[C@@H](O3)[C@@H](C(=O)OCC(=O)NC(C)(C)C)[C@@H]4C2=O)c(C)c1. The van der Waals surface area contributed by atoms with E-state index in [1.165, 1.54) is 0 Å². The molecule has 1 spiro atoms. The van der Waals surface area contributed by atoms with Crippen molar-refractivity contribution in [2.45, 2.75) is 51.9 Å². The van der Waals surface area contributed by atoms with E-state index in [9.17, 15) is 14.4 Å². The maximum atomic E-state index is 13.4. The number of carbonyl (C=O) groups excluding carboxylic acids is 3. The first kappa shape index (κ1) is 20.6. The number of hydrogen-bond donors (Lipinski definition) is 1. The van der Waals surface area contributed by atoms with Crippen LogP contribution in [0.1, 0.15) is 31.9 Å². The molecule has 0 unspecified atom stereocenters. The summed E-state index contributed by atoms with van der Waals surface area (Å²) in [4.78, 5) is 40.0. The Morgan fingerprint density at radius 1 is 1.30 bits per heavy atom. The summed E-state index contributed by atoms with van der Waals surface area (Å²) in [6.45, 7) is 9.51. The molecule has 1 aromatic carbocycles. The van der Waals surface area contributed by atoms with E-state index in [2.05, 4.69) is 5.32 Å². The molecule has 0 radical (unpaired) electrons. The fourth-order valence-electron chi connectivity index (χ4n) is 4.77. The highest BCUT2D eigenvalue weighted by Gasteiger charge is 2.67. The van der Waals surface area contributed by atoms with Crippen LogP contribution in [0.5, 0.6) is 0 Å². The third kappa shape index (κ3) is 3.41. The van der Waals surface area contributed by atoms with E-state index < -0.39 is 35.0 Å². The zero-order chi connectivity index (χ0) is 21.8. The van der Waals surface area contributed by atoms with Gasteiger partial charge in [-0.15, -0.1) is 0 Å². The van der Waals surface area contributed by atoms with Crippen molar-refractivity contribution in [3.05, 3.63) is 41.5 Å². The fourth-order valence-corrected chi connectivity index (χ4v) is 4.77. The number of carbonyl (C=O) groups is 3. The van der Waals surface area contributed by atoms with Crippen molar-refractivity contribution in [2.75, 3.05) is 18.1 Å². The lowest BCUT2D eigenvalue weighted by Gasteiger charge is -2.24. The first-order valence-electron chi connectivity index (χ1n) is 10.2. The number of fused-ring (bicyclic) bond motifs is 1. The van der Waals surface area contributed by atoms with Crippen LogP contribution in [-0.4, -0.2) is 48.2 Å². The number of aryl methyl sites for hydroxylation is 2. The summed E-state index contributed by atoms with van der Waals surface area (Å²) in [6, 6.07) is 5.93. The van der Waals surface area contributed by atoms with Gasteiger partial charge in [-0.3, -0.25) is 14.4 Å². The van der Waals surface area contributed by atoms with Gasteiger partial charge in [0.2, 0.25) is 5.91 Å². The molecule has 0 aliphatic carbocycles. The third-order valence-electron chi connectivity index (χ3n) is 5.88. The van der Waals surface area contributed by atoms with Gasteiger partial charge in [0.1, 0.15) is 11.5 Å². The van der Waals surface area contributed by atoms with Crippen molar-refractivity contribution in [1.29, 1.82) is 0 Å². The van der Waals surface area contributed by atoms with Gasteiger partial charge in [-0.25, -0.2) is 0 Å². The Morgan fingerprint density at radius 3 is 2.70 bits per heavy atom. The number of ether oxygens (including phenoxy) is 2. The second-order valence-electron chi connectivity index (χ2n) is 9.52. The summed E-state index contributed by atoms with van der Waals surface area (Å²) >= 11 is 0. The number of nitrogens with zero attached hydrogens (tertiary/aromatic N) is 1.